The van der Waals surface area contributed by atoms with Crippen LogP contribution in [0.25, 0.3) is 32.7 Å². The monoisotopic (exact) mass is 322 g/mol. The maximum absolute atomic E-state index is 6.21. The first kappa shape index (κ1) is 14.3. The van der Waals surface area contributed by atoms with E-state index in [0.717, 1.165) is 11.2 Å². The maximum Gasteiger partial charge on any atom is 0.139 e. The van der Waals surface area contributed by atoms with Gasteiger partial charge in [0, 0.05) is 22.3 Å². The summed E-state index contributed by atoms with van der Waals surface area (Å²) in [5, 5.41) is 4.94. The highest BCUT2D eigenvalue weighted by molar-refractivity contribution is 6.06. The van der Waals surface area contributed by atoms with Gasteiger partial charge in [-0.25, -0.2) is 0 Å². The van der Waals surface area contributed by atoms with Gasteiger partial charge in [-0.1, -0.05) is 85.8 Å². The molecule has 5 rings (SSSR count). The lowest BCUT2D eigenvalue weighted by atomic mass is 9.90. The van der Waals surface area contributed by atoms with E-state index < -0.39 is 0 Å². The van der Waals surface area contributed by atoms with Gasteiger partial charge in [0.2, 0.25) is 0 Å². The Bertz CT molecular complexity index is 1210. The first-order chi connectivity index (χ1) is 12.3. The van der Waals surface area contributed by atoms with E-state index >= 15 is 0 Å². The second-order valence-corrected chi connectivity index (χ2v) is 6.65. The van der Waals surface area contributed by atoms with E-state index in [1.807, 2.05) is 12.1 Å². The molecule has 0 saturated carbocycles. The van der Waals surface area contributed by atoms with Gasteiger partial charge < -0.3 is 4.42 Å². The van der Waals surface area contributed by atoms with Crippen LogP contribution < -0.4 is 0 Å². The summed E-state index contributed by atoms with van der Waals surface area (Å²) in [4.78, 5) is 0. The van der Waals surface area contributed by atoms with Crippen molar-refractivity contribution in [2.45, 2.75) is 12.8 Å². The highest BCUT2D eigenvalue weighted by Gasteiger charge is 2.16. The molecule has 0 N–H and O–H groups in total. The Hall–Kier alpha value is -3.06. The number of furan rings is 1. The Morgan fingerprint density at radius 1 is 0.680 bits per heavy atom. The second-order valence-electron chi connectivity index (χ2n) is 6.65. The predicted octanol–water partition coefficient (Wildman–Crippen LogP) is 6.89. The highest BCUT2D eigenvalue weighted by Crippen LogP contribution is 2.36. The summed E-state index contributed by atoms with van der Waals surface area (Å²) in [5.74, 6) is 0.272. The van der Waals surface area contributed by atoms with Crippen LogP contribution in [0.15, 0.2) is 89.3 Å². The van der Waals surface area contributed by atoms with E-state index in [9.17, 15) is 0 Å². The fraction of sp³-hybridized carbons (Fsp3) is 0.0833. The van der Waals surface area contributed by atoms with Crippen LogP contribution in [0.1, 0.15) is 24.0 Å². The third-order valence-electron chi connectivity index (χ3n) is 5.17. The van der Waals surface area contributed by atoms with Crippen molar-refractivity contribution in [3.05, 3.63) is 96.1 Å². The number of rotatable bonds is 2. The Balaban J connectivity index is 1.71. The quantitative estimate of drug-likeness (QED) is 0.345. The molecule has 120 valence electrons. The SMILES string of the molecule is C[C@H](c1ccc2ccccc2c1)c1cccc2c1oc1ccccc12. The van der Waals surface area contributed by atoms with Crippen LogP contribution >= 0.6 is 0 Å². The van der Waals surface area contributed by atoms with E-state index in [1.165, 1.54) is 32.7 Å². The van der Waals surface area contributed by atoms with Crippen molar-refractivity contribution in [3.63, 3.8) is 0 Å². The molecule has 1 atom stereocenters. The van der Waals surface area contributed by atoms with Crippen LogP contribution in [0.2, 0.25) is 0 Å². The summed E-state index contributed by atoms with van der Waals surface area (Å²) in [6.07, 6.45) is 0. The fourth-order valence-corrected chi connectivity index (χ4v) is 3.77. The predicted molar refractivity (Wildman–Crippen MR) is 105 cm³/mol. The van der Waals surface area contributed by atoms with Gasteiger partial charge in [-0.15, -0.1) is 0 Å². The average molecular weight is 322 g/mol. The molecule has 5 aromatic rings. The standard InChI is InChI=1S/C24H18O/c1-16(18-14-13-17-7-2-3-8-19(17)15-18)20-10-6-11-22-21-9-4-5-12-23(21)25-24(20)22/h2-16H,1H3/t16-/m1/s1. The van der Waals surface area contributed by atoms with E-state index in [0.29, 0.717) is 0 Å². The lowest BCUT2D eigenvalue weighted by Crippen LogP contribution is -1.96. The van der Waals surface area contributed by atoms with Crippen molar-refractivity contribution in [1.29, 1.82) is 0 Å². The third-order valence-corrected chi connectivity index (χ3v) is 5.17. The van der Waals surface area contributed by atoms with Gasteiger partial charge >= 0.3 is 0 Å². The Labute approximate surface area is 146 Å². The van der Waals surface area contributed by atoms with E-state index in [2.05, 4.69) is 79.7 Å². The third kappa shape index (κ3) is 2.24. The van der Waals surface area contributed by atoms with Crippen molar-refractivity contribution in [2.75, 3.05) is 0 Å². The molecule has 4 aromatic carbocycles. The lowest BCUT2D eigenvalue weighted by molar-refractivity contribution is 0.659. The molecule has 1 heteroatoms. The summed E-state index contributed by atoms with van der Waals surface area (Å²) in [7, 11) is 0. The van der Waals surface area contributed by atoms with Crippen LogP contribution in [0, 0.1) is 0 Å². The molecule has 0 aliphatic rings. The van der Waals surface area contributed by atoms with Crippen LogP contribution in [0.5, 0.6) is 0 Å². The molecule has 0 aliphatic heterocycles. The number of para-hydroxylation sites is 2. The topological polar surface area (TPSA) is 13.1 Å². The minimum absolute atomic E-state index is 0.272. The van der Waals surface area contributed by atoms with Crippen molar-refractivity contribution in [2.24, 2.45) is 0 Å². The highest BCUT2D eigenvalue weighted by atomic mass is 16.3. The minimum atomic E-state index is 0.272. The largest absolute Gasteiger partial charge is 0.456 e. The van der Waals surface area contributed by atoms with Gasteiger partial charge in [-0.3, -0.25) is 0 Å². The van der Waals surface area contributed by atoms with E-state index in [-0.39, 0.29) is 5.92 Å². The molecule has 0 bridgehead atoms. The summed E-state index contributed by atoms with van der Waals surface area (Å²) in [6.45, 7) is 2.26. The van der Waals surface area contributed by atoms with Crippen molar-refractivity contribution in [1.82, 2.24) is 0 Å². The Morgan fingerprint density at radius 2 is 1.44 bits per heavy atom. The molecule has 0 unspecified atom stereocenters. The molecule has 1 aromatic heterocycles. The van der Waals surface area contributed by atoms with Crippen LogP contribution in [-0.2, 0) is 0 Å². The van der Waals surface area contributed by atoms with E-state index in [4.69, 9.17) is 4.42 Å². The van der Waals surface area contributed by atoms with Crippen LogP contribution in [0.3, 0.4) is 0 Å². The number of benzene rings is 4. The van der Waals surface area contributed by atoms with Crippen molar-refractivity contribution < 1.29 is 4.42 Å². The van der Waals surface area contributed by atoms with Crippen LogP contribution in [-0.4, -0.2) is 0 Å². The average Bonchev–Trinajstić information content (AvgIpc) is 3.06. The molecule has 25 heavy (non-hydrogen) atoms. The zero-order valence-corrected chi connectivity index (χ0v) is 14.1. The lowest BCUT2D eigenvalue weighted by Gasteiger charge is -2.14. The van der Waals surface area contributed by atoms with Gasteiger partial charge in [-0.2, -0.15) is 0 Å². The van der Waals surface area contributed by atoms with Crippen molar-refractivity contribution >= 4 is 32.7 Å². The van der Waals surface area contributed by atoms with E-state index in [1.54, 1.807) is 0 Å². The zero-order chi connectivity index (χ0) is 16.8. The summed E-state index contributed by atoms with van der Waals surface area (Å²) < 4.78 is 6.21. The molecule has 1 nitrogen and oxygen atoms in total. The summed E-state index contributed by atoms with van der Waals surface area (Å²) >= 11 is 0. The maximum atomic E-state index is 6.21. The van der Waals surface area contributed by atoms with Crippen LogP contribution in [0.4, 0.5) is 0 Å². The fourth-order valence-electron chi connectivity index (χ4n) is 3.77. The summed E-state index contributed by atoms with van der Waals surface area (Å²) in [5.41, 5.74) is 4.51. The molecule has 0 spiro atoms. The first-order valence-electron chi connectivity index (χ1n) is 8.70. The molecule has 0 fully saturated rings. The van der Waals surface area contributed by atoms with Gasteiger partial charge in [0.15, 0.2) is 0 Å². The molecule has 0 amide bonds. The molecular weight excluding hydrogens is 304 g/mol. The smallest absolute Gasteiger partial charge is 0.139 e. The Morgan fingerprint density at radius 3 is 2.36 bits per heavy atom. The molecule has 0 radical (unpaired) electrons. The second kappa shape index (κ2) is 5.49. The minimum Gasteiger partial charge on any atom is -0.456 e. The number of hydrogen-bond acceptors (Lipinski definition) is 1. The van der Waals surface area contributed by atoms with Gasteiger partial charge in [-0.05, 0) is 22.4 Å². The zero-order valence-electron chi connectivity index (χ0n) is 14.1. The van der Waals surface area contributed by atoms with Crippen molar-refractivity contribution in [3.8, 4) is 0 Å². The van der Waals surface area contributed by atoms with Gasteiger partial charge in [0.05, 0.1) is 0 Å². The number of hydrogen-bond donors (Lipinski definition) is 0. The molecular formula is C24H18O. The first-order valence-corrected chi connectivity index (χ1v) is 8.70. The normalized spacial score (nSPS) is 12.8. The summed E-state index contributed by atoms with van der Waals surface area (Å²) in [6, 6.07) is 30.0. The molecule has 1 heterocycles. The van der Waals surface area contributed by atoms with Gasteiger partial charge in [0.1, 0.15) is 11.2 Å². The molecule has 0 saturated heterocycles. The number of fused-ring (bicyclic) bond motifs is 4. The molecule has 0 aliphatic carbocycles. The van der Waals surface area contributed by atoms with Gasteiger partial charge in [0.25, 0.3) is 0 Å². The Kier molecular flexibility index (Phi) is 3.14.